The Kier molecular flexibility index (Phi) is 4.83. The molecule has 1 N–H and O–H groups in total. The summed E-state index contributed by atoms with van der Waals surface area (Å²) in [5.41, 5.74) is -0.672. The van der Waals surface area contributed by atoms with Gasteiger partial charge in [-0.2, -0.15) is 13.2 Å². The molecule has 28 heavy (non-hydrogen) atoms. The third-order valence-corrected chi connectivity index (χ3v) is 5.79. The first-order valence-corrected chi connectivity index (χ1v) is 9.54. The van der Waals surface area contributed by atoms with Crippen molar-refractivity contribution in [3.8, 4) is 11.5 Å². The van der Waals surface area contributed by atoms with Gasteiger partial charge >= 0.3 is 6.18 Å². The molecule has 0 aliphatic carbocycles. The van der Waals surface area contributed by atoms with Crippen LogP contribution in [0.15, 0.2) is 34.6 Å². The van der Waals surface area contributed by atoms with Crippen LogP contribution in [-0.2, 0) is 23.1 Å². The largest absolute Gasteiger partial charge is 0.417 e. The van der Waals surface area contributed by atoms with Gasteiger partial charge in [-0.15, -0.1) is 0 Å². The van der Waals surface area contributed by atoms with E-state index in [0.29, 0.717) is 6.20 Å². The third kappa shape index (κ3) is 3.42. The number of aryl methyl sites for hydroxylation is 1. The van der Waals surface area contributed by atoms with Gasteiger partial charge < -0.3 is 9.77 Å². The van der Waals surface area contributed by atoms with E-state index in [1.54, 1.807) is 0 Å². The number of pyridine rings is 2. The molecule has 0 fully saturated rings. The molecule has 148 valence electrons. The van der Waals surface area contributed by atoms with Crippen LogP contribution < -0.4 is 0 Å². The summed E-state index contributed by atoms with van der Waals surface area (Å²) in [5, 5.41) is 11.5. The van der Waals surface area contributed by atoms with Crippen molar-refractivity contribution in [2.24, 2.45) is 12.2 Å². The predicted octanol–water partition coefficient (Wildman–Crippen LogP) is 2.65. The summed E-state index contributed by atoms with van der Waals surface area (Å²) < 4.78 is 65.2. The highest BCUT2D eigenvalue weighted by Crippen LogP contribution is 2.32. The molecule has 0 bridgehead atoms. The van der Waals surface area contributed by atoms with Crippen molar-refractivity contribution in [1.82, 2.24) is 19.5 Å². The standard InChI is InChI=1S/C16H14F3N5O3S/c1-3-28(26,27)12-4-9(7-22-25)6-20-13(12)15-23-11-5-10(16(17,18)19)8-21-14(11)24(15)2/h4-8,25H,3H2,1-2H3. The second-order valence-electron chi connectivity index (χ2n) is 5.82. The summed E-state index contributed by atoms with van der Waals surface area (Å²) in [7, 11) is -2.26. The maximum Gasteiger partial charge on any atom is 0.417 e. The summed E-state index contributed by atoms with van der Waals surface area (Å²) in [5.74, 6) is -0.191. The van der Waals surface area contributed by atoms with E-state index >= 15 is 0 Å². The highest BCUT2D eigenvalue weighted by Gasteiger charge is 2.32. The van der Waals surface area contributed by atoms with Gasteiger partial charge in [-0.25, -0.2) is 18.4 Å². The number of fused-ring (bicyclic) bond motifs is 1. The van der Waals surface area contributed by atoms with Crippen molar-refractivity contribution < 1.29 is 26.8 Å². The van der Waals surface area contributed by atoms with E-state index < -0.39 is 21.6 Å². The molecule has 0 aliphatic heterocycles. The Hall–Kier alpha value is -3.02. The van der Waals surface area contributed by atoms with Crippen LogP contribution in [0.1, 0.15) is 18.1 Å². The molecule has 0 amide bonds. The number of imidazole rings is 1. The van der Waals surface area contributed by atoms with E-state index in [-0.39, 0.29) is 38.9 Å². The van der Waals surface area contributed by atoms with E-state index in [9.17, 15) is 21.6 Å². The molecule has 0 saturated carbocycles. The number of oxime groups is 1. The van der Waals surface area contributed by atoms with Gasteiger partial charge in [-0.1, -0.05) is 12.1 Å². The second-order valence-corrected chi connectivity index (χ2v) is 8.07. The number of aromatic nitrogens is 4. The molecule has 0 aromatic carbocycles. The number of hydrogen-bond donors (Lipinski definition) is 1. The molecule has 0 atom stereocenters. The number of sulfone groups is 1. The van der Waals surface area contributed by atoms with Gasteiger partial charge in [0.25, 0.3) is 0 Å². The number of nitrogens with zero attached hydrogens (tertiary/aromatic N) is 5. The number of halogens is 3. The van der Waals surface area contributed by atoms with Crippen LogP contribution in [-0.4, -0.2) is 45.1 Å². The minimum Gasteiger partial charge on any atom is -0.411 e. The van der Waals surface area contributed by atoms with Crippen LogP contribution in [0.5, 0.6) is 0 Å². The number of hydrogen-bond acceptors (Lipinski definition) is 7. The molecule has 3 aromatic rings. The van der Waals surface area contributed by atoms with Crippen LogP contribution in [0.3, 0.4) is 0 Å². The SMILES string of the molecule is CCS(=O)(=O)c1cc(C=NO)cnc1-c1nc2cc(C(F)(F)F)cnc2n1C. The van der Waals surface area contributed by atoms with Gasteiger partial charge in [-0.05, 0) is 12.1 Å². The Bertz CT molecular complexity index is 1190. The second kappa shape index (κ2) is 6.86. The maximum atomic E-state index is 12.9. The van der Waals surface area contributed by atoms with Crippen molar-refractivity contribution in [2.45, 2.75) is 18.0 Å². The Balaban J connectivity index is 2.28. The average molecular weight is 413 g/mol. The van der Waals surface area contributed by atoms with Crippen molar-refractivity contribution >= 4 is 27.2 Å². The lowest BCUT2D eigenvalue weighted by Gasteiger charge is -2.09. The van der Waals surface area contributed by atoms with Crippen LogP contribution >= 0.6 is 0 Å². The first kappa shape index (κ1) is 19.7. The molecule has 3 heterocycles. The van der Waals surface area contributed by atoms with Gasteiger partial charge in [0, 0.05) is 25.0 Å². The van der Waals surface area contributed by atoms with Gasteiger partial charge in [0.2, 0.25) is 0 Å². The maximum absolute atomic E-state index is 12.9. The molecule has 3 aromatic heterocycles. The monoisotopic (exact) mass is 413 g/mol. The molecule has 3 rings (SSSR count). The number of rotatable bonds is 4. The summed E-state index contributed by atoms with van der Waals surface area (Å²) in [4.78, 5) is 11.8. The molecule has 0 saturated heterocycles. The normalized spacial score (nSPS) is 12.9. The Morgan fingerprint density at radius 2 is 1.96 bits per heavy atom. The molecule has 0 spiro atoms. The smallest absolute Gasteiger partial charge is 0.411 e. The van der Waals surface area contributed by atoms with E-state index in [1.807, 2.05) is 0 Å². The van der Waals surface area contributed by atoms with E-state index in [2.05, 4.69) is 20.1 Å². The first-order chi connectivity index (χ1) is 13.1. The fraction of sp³-hybridized carbons (Fsp3) is 0.250. The van der Waals surface area contributed by atoms with Gasteiger partial charge in [0.1, 0.15) is 11.2 Å². The quantitative estimate of drug-likeness (QED) is 0.400. The summed E-state index contributed by atoms with van der Waals surface area (Å²) in [6, 6.07) is 2.10. The fourth-order valence-corrected chi connectivity index (χ4v) is 3.67. The van der Waals surface area contributed by atoms with Crippen LogP contribution in [0, 0.1) is 0 Å². The number of alkyl halides is 3. The molecule has 0 unspecified atom stereocenters. The Morgan fingerprint density at radius 1 is 1.25 bits per heavy atom. The van der Waals surface area contributed by atoms with E-state index in [1.165, 1.54) is 30.8 Å². The van der Waals surface area contributed by atoms with Gasteiger partial charge in [0.05, 0.1) is 22.4 Å². The van der Waals surface area contributed by atoms with Gasteiger partial charge in [0.15, 0.2) is 21.3 Å². The third-order valence-electron chi connectivity index (χ3n) is 4.04. The molecular formula is C16H14F3N5O3S. The molecule has 8 nitrogen and oxygen atoms in total. The molecular weight excluding hydrogens is 399 g/mol. The first-order valence-electron chi connectivity index (χ1n) is 7.88. The minimum absolute atomic E-state index is 0.0361. The molecule has 12 heteroatoms. The zero-order valence-corrected chi connectivity index (χ0v) is 15.5. The van der Waals surface area contributed by atoms with Crippen LogP contribution in [0.25, 0.3) is 22.7 Å². The summed E-state index contributed by atoms with van der Waals surface area (Å²) in [6.07, 6.45) is -1.62. The fourth-order valence-electron chi connectivity index (χ4n) is 2.60. The summed E-state index contributed by atoms with van der Waals surface area (Å²) in [6.45, 7) is 1.44. The highest BCUT2D eigenvalue weighted by molar-refractivity contribution is 7.91. The van der Waals surface area contributed by atoms with Crippen LogP contribution in [0.2, 0.25) is 0 Å². The highest BCUT2D eigenvalue weighted by atomic mass is 32.2. The molecule has 0 aliphatic rings. The summed E-state index contributed by atoms with van der Waals surface area (Å²) >= 11 is 0. The lowest BCUT2D eigenvalue weighted by molar-refractivity contribution is -0.137. The van der Waals surface area contributed by atoms with Crippen molar-refractivity contribution in [3.63, 3.8) is 0 Å². The van der Waals surface area contributed by atoms with Crippen molar-refractivity contribution in [2.75, 3.05) is 5.75 Å². The predicted molar refractivity (Wildman–Crippen MR) is 93.8 cm³/mol. The van der Waals surface area contributed by atoms with Crippen molar-refractivity contribution in [3.05, 3.63) is 35.7 Å². The van der Waals surface area contributed by atoms with Crippen molar-refractivity contribution in [1.29, 1.82) is 0 Å². The topological polar surface area (TPSA) is 110 Å². The van der Waals surface area contributed by atoms with Gasteiger partial charge in [-0.3, -0.25) is 4.98 Å². The average Bonchev–Trinajstić information content (AvgIpc) is 2.97. The Labute approximate surface area is 157 Å². The van der Waals surface area contributed by atoms with E-state index in [0.717, 1.165) is 12.3 Å². The minimum atomic E-state index is -4.58. The molecule has 0 radical (unpaired) electrons. The van der Waals surface area contributed by atoms with Crippen LogP contribution in [0.4, 0.5) is 13.2 Å². The zero-order valence-electron chi connectivity index (χ0n) is 14.6. The van der Waals surface area contributed by atoms with E-state index in [4.69, 9.17) is 5.21 Å². The Morgan fingerprint density at radius 3 is 2.57 bits per heavy atom. The lowest BCUT2D eigenvalue weighted by Crippen LogP contribution is -2.09. The zero-order chi connectivity index (χ0) is 20.7. The lowest BCUT2D eigenvalue weighted by atomic mass is 10.2.